The Morgan fingerprint density at radius 2 is 1.82 bits per heavy atom. The normalized spacial score (nSPS) is 26.8. The van der Waals surface area contributed by atoms with Crippen molar-refractivity contribution < 1.29 is 0 Å². The summed E-state index contributed by atoms with van der Waals surface area (Å²) in [6.07, 6.45) is 4.19. The highest BCUT2D eigenvalue weighted by Gasteiger charge is 2.22. The fourth-order valence-electron chi connectivity index (χ4n) is 2.64. The number of hydrogen-bond donors (Lipinski definition) is 1. The Balaban J connectivity index is 2.36. The molecule has 0 aromatic carbocycles. The molecule has 0 spiro atoms. The van der Waals surface area contributed by atoms with Crippen LogP contribution in [0, 0.1) is 11.8 Å². The fourth-order valence-corrected chi connectivity index (χ4v) is 2.64. The van der Waals surface area contributed by atoms with Crippen LogP contribution in [0.25, 0.3) is 0 Å². The van der Waals surface area contributed by atoms with E-state index in [4.69, 9.17) is 0 Å². The van der Waals surface area contributed by atoms with Crippen LogP contribution in [0.1, 0.15) is 53.9 Å². The van der Waals surface area contributed by atoms with Crippen molar-refractivity contribution in [2.24, 2.45) is 11.8 Å². The van der Waals surface area contributed by atoms with E-state index in [9.17, 15) is 0 Å². The van der Waals surface area contributed by atoms with E-state index in [1.165, 1.54) is 32.4 Å². The second-order valence-corrected chi connectivity index (χ2v) is 6.35. The zero-order valence-electron chi connectivity index (χ0n) is 12.5. The van der Waals surface area contributed by atoms with Crippen molar-refractivity contribution in [1.82, 2.24) is 10.2 Å². The van der Waals surface area contributed by atoms with Gasteiger partial charge in [0.1, 0.15) is 0 Å². The van der Waals surface area contributed by atoms with Crippen LogP contribution in [-0.2, 0) is 0 Å². The van der Waals surface area contributed by atoms with Gasteiger partial charge in [0.05, 0.1) is 0 Å². The maximum absolute atomic E-state index is 3.56. The molecule has 1 aliphatic heterocycles. The molecule has 3 unspecified atom stereocenters. The standard InChI is InChI=1S/C15H32N2/c1-12(2)16-11-14(4)15(5)17-9-6-7-13(3)8-10-17/h12-16H,6-11H2,1-5H3. The number of nitrogens with one attached hydrogen (secondary N) is 1. The molecule has 3 atom stereocenters. The van der Waals surface area contributed by atoms with E-state index in [1.54, 1.807) is 0 Å². The minimum absolute atomic E-state index is 0.605. The van der Waals surface area contributed by atoms with Gasteiger partial charge in [0.2, 0.25) is 0 Å². The van der Waals surface area contributed by atoms with Crippen LogP contribution < -0.4 is 5.32 Å². The summed E-state index contributed by atoms with van der Waals surface area (Å²) in [5.74, 6) is 1.67. The zero-order valence-corrected chi connectivity index (χ0v) is 12.5. The number of hydrogen-bond acceptors (Lipinski definition) is 2. The summed E-state index contributed by atoms with van der Waals surface area (Å²) in [6.45, 7) is 15.4. The lowest BCUT2D eigenvalue weighted by Gasteiger charge is -2.32. The molecule has 1 saturated heterocycles. The molecular formula is C15H32N2. The average molecular weight is 240 g/mol. The van der Waals surface area contributed by atoms with Crippen molar-refractivity contribution in [3.63, 3.8) is 0 Å². The van der Waals surface area contributed by atoms with Crippen molar-refractivity contribution in [1.29, 1.82) is 0 Å². The SMILES string of the molecule is CC1CCCN(C(C)C(C)CNC(C)C)CC1. The van der Waals surface area contributed by atoms with E-state index in [0.29, 0.717) is 12.1 Å². The molecule has 102 valence electrons. The van der Waals surface area contributed by atoms with Crippen molar-refractivity contribution in [2.75, 3.05) is 19.6 Å². The molecule has 17 heavy (non-hydrogen) atoms. The summed E-state index contributed by atoms with van der Waals surface area (Å²) in [5, 5.41) is 3.56. The van der Waals surface area contributed by atoms with E-state index < -0.39 is 0 Å². The Bertz CT molecular complexity index is 203. The Hall–Kier alpha value is -0.0800. The third-order valence-electron chi connectivity index (χ3n) is 4.30. The molecule has 0 radical (unpaired) electrons. The molecule has 1 aliphatic rings. The van der Waals surface area contributed by atoms with Gasteiger partial charge >= 0.3 is 0 Å². The van der Waals surface area contributed by atoms with Crippen LogP contribution in [0.15, 0.2) is 0 Å². The summed E-state index contributed by atoms with van der Waals surface area (Å²) in [4.78, 5) is 2.70. The van der Waals surface area contributed by atoms with E-state index >= 15 is 0 Å². The lowest BCUT2D eigenvalue weighted by molar-refractivity contribution is 0.162. The molecule has 1 rings (SSSR count). The van der Waals surface area contributed by atoms with E-state index in [0.717, 1.165) is 18.4 Å². The Labute approximate surface area is 108 Å². The fraction of sp³-hybridized carbons (Fsp3) is 1.00. The molecule has 0 bridgehead atoms. The number of nitrogens with zero attached hydrogens (tertiary/aromatic N) is 1. The Morgan fingerprint density at radius 1 is 1.12 bits per heavy atom. The monoisotopic (exact) mass is 240 g/mol. The third-order valence-corrected chi connectivity index (χ3v) is 4.30. The van der Waals surface area contributed by atoms with Gasteiger partial charge in [-0.15, -0.1) is 0 Å². The number of likely N-dealkylation sites (tertiary alicyclic amines) is 1. The highest BCUT2D eigenvalue weighted by atomic mass is 15.2. The second kappa shape index (κ2) is 7.38. The smallest absolute Gasteiger partial charge is 0.0105 e. The minimum Gasteiger partial charge on any atom is -0.314 e. The molecule has 2 nitrogen and oxygen atoms in total. The first kappa shape index (κ1) is 15.0. The lowest BCUT2D eigenvalue weighted by atomic mass is 10.0. The Kier molecular flexibility index (Phi) is 6.50. The van der Waals surface area contributed by atoms with Gasteiger partial charge in [-0.25, -0.2) is 0 Å². The predicted molar refractivity (Wildman–Crippen MR) is 76.4 cm³/mol. The van der Waals surface area contributed by atoms with Gasteiger partial charge in [-0.05, 0) is 57.7 Å². The van der Waals surface area contributed by atoms with Gasteiger partial charge in [0.15, 0.2) is 0 Å². The predicted octanol–water partition coefficient (Wildman–Crippen LogP) is 3.13. The van der Waals surface area contributed by atoms with Crippen molar-refractivity contribution in [3.05, 3.63) is 0 Å². The van der Waals surface area contributed by atoms with E-state index in [2.05, 4.69) is 44.8 Å². The first-order chi connectivity index (χ1) is 8.00. The molecule has 1 N–H and O–H groups in total. The molecule has 1 heterocycles. The van der Waals surface area contributed by atoms with Gasteiger partial charge in [0, 0.05) is 12.1 Å². The minimum atomic E-state index is 0.605. The summed E-state index contributed by atoms with van der Waals surface area (Å²) >= 11 is 0. The molecule has 0 amide bonds. The summed E-state index contributed by atoms with van der Waals surface area (Å²) in [5.41, 5.74) is 0. The highest BCUT2D eigenvalue weighted by Crippen LogP contribution is 2.20. The van der Waals surface area contributed by atoms with Gasteiger partial charge in [-0.2, -0.15) is 0 Å². The first-order valence-corrected chi connectivity index (χ1v) is 7.48. The van der Waals surface area contributed by atoms with E-state index in [-0.39, 0.29) is 0 Å². The van der Waals surface area contributed by atoms with Crippen LogP contribution >= 0.6 is 0 Å². The number of rotatable bonds is 5. The van der Waals surface area contributed by atoms with Crippen LogP contribution in [0.2, 0.25) is 0 Å². The average Bonchev–Trinajstić information content (AvgIpc) is 2.49. The summed E-state index contributed by atoms with van der Waals surface area (Å²) in [7, 11) is 0. The molecule has 0 aromatic heterocycles. The third kappa shape index (κ3) is 5.39. The highest BCUT2D eigenvalue weighted by molar-refractivity contribution is 4.78. The maximum Gasteiger partial charge on any atom is 0.0105 e. The van der Waals surface area contributed by atoms with Crippen LogP contribution in [0.4, 0.5) is 0 Å². The molecule has 0 aromatic rings. The quantitative estimate of drug-likeness (QED) is 0.794. The van der Waals surface area contributed by atoms with Gasteiger partial charge in [-0.1, -0.05) is 27.7 Å². The molecule has 1 fully saturated rings. The summed E-state index contributed by atoms with van der Waals surface area (Å²) < 4.78 is 0. The van der Waals surface area contributed by atoms with Crippen LogP contribution in [0.3, 0.4) is 0 Å². The Morgan fingerprint density at radius 3 is 2.47 bits per heavy atom. The lowest BCUT2D eigenvalue weighted by Crippen LogP contribution is -2.42. The molecule has 2 heteroatoms. The van der Waals surface area contributed by atoms with Gasteiger partial charge in [-0.3, -0.25) is 0 Å². The van der Waals surface area contributed by atoms with Crippen LogP contribution in [-0.4, -0.2) is 36.6 Å². The van der Waals surface area contributed by atoms with Gasteiger partial charge in [0.25, 0.3) is 0 Å². The molecule has 0 aliphatic carbocycles. The molecule has 0 saturated carbocycles. The largest absolute Gasteiger partial charge is 0.314 e. The maximum atomic E-state index is 3.56. The molecular weight excluding hydrogens is 208 g/mol. The van der Waals surface area contributed by atoms with Gasteiger partial charge < -0.3 is 10.2 Å². The van der Waals surface area contributed by atoms with Crippen LogP contribution in [0.5, 0.6) is 0 Å². The summed E-state index contributed by atoms with van der Waals surface area (Å²) in [6, 6.07) is 1.32. The second-order valence-electron chi connectivity index (χ2n) is 6.35. The van der Waals surface area contributed by atoms with Crippen molar-refractivity contribution >= 4 is 0 Å². The zero-order chi connectivity index (χ0) is 12.8. The van der Waals surface area contributed by atoms with Crippen molar-refractivity contribution in [3.8, 4) is 0 Å². The van der Waals surface area contributed by atoms with Crippen molar-refractivity contribution in [2.45, 2.75) is 66.0 Å². The topological polar surface area (TPSA) is 15.3 Å². The van der Waals surface area contributed by atoms with E-state index in [1.807, 2.05) is 0 Å². The first-order valence-electron chi connectivity index (χ1n) is 7.48.